The first-order valence-electron chi connectivity index (χ1n) is 4.30. The molecule has 0 saturated carbocycles. The molecule has 0 fully saturated rings. The van der Waals surface area contributed by atoms with Gasteiger partial charge in [0.2, 0.25) is 0 Å². The molecule has 0 aromatic heterocycles. The average molecular weight is 235 g/mol. The lowest BCUT2D eigenvalue weighted by molar-refractivity contribution is 1.12. The molecule has 0 heterocycles. The van der Waals surface area contributed by atoms with Crippen LogP contribution >= 0.6 is 35.0 Å². The normalized spacial score (nSPS) is 10.5. The quantitative estimate of drug-likeness (QED) is 0.686. The van der Waals surface area contributed by atoms with Crippen molar-refractivity contribution in [1.82, 2.24) is 0 Å². The van der Waals surface area contributed by atoms with Crippen molar-refractivity contribution < 1.29 is 0 Å². The van der Waals surface area contributed by atoms with Gasteiger partial charge in [-0.05, 0) is 23.8 Å². The van der Waals surface area contributed by atoms with Crippen molar-refractivity contribution >= 4 is 35.0 Å². The van der Waals surface area contributed by atoms with E-state index < -0.39 is 0 Å². The van der Waals surface area contributed by atoms with Crippen molar-refractivity contribution in [1.29, 1.82) is 0 Å². The summed E-state index contributed by atoms with van der Waals surface area (Å²) in [4.78, 5) is 1.02. The fourth-order valence-corrected chi connectivity index (χ4v) is 2.71. The SMILES string of the molecule is CCSc1c(Cl)ccc(CC)c1Cl. The van der Waals surface area contributed by atoms with Crippen LogP contribution in [0.15, 0.2) is 17.0 Å². The van der Waals surface area contributed by atoms with E-state index in [-0.39, 0.29) is 0 Å². The maximum atomic E-state index is 6.19. The van der Waals surface area contributed by atoms with E-state index in [4.69, 9.17) is 23.2 Å². The van der Waals surface area contributed by atoms with Crippen molar-refractivity contribution in [2.45, 2.75) is 25.2 Å². The molecule has 0 radical (unpaired) electrons. The Kier molecular flexibility index (Phi) is 4.43. The van der Waals surface area contributed by atoms with Crippen LogP contribution in [0.5, 0.6) is 0 Å². The summed E-state index contributed by atoms with van der Waals surface area (Å²) in [5, 5.41) is 1.58. The number of rotatable bonds is 3. The molecule has 3 heteroatoms. The van der Waals surface area contributed by atoms with Crippen LogP contribution in [-0.4, -0.2) is 5.75 Å². The third kappa shape index (κ3) is 2.55. The second-order valence-electron chi connectivity index (χ2n) is 2.64. The van der Waals surface area contributed by atoms with Crippen LogP contribution in [0.3, 0.4) is 0 Å². The Labute approximate surface area is 93.6 Å². The number of benzene rings is 1. The molecule has 0 spiro atoms. The van der Waals surface area contributed by atoms with Gasteiger partial charge in [-0.3, -0.25) is 0 Å². The van der Waals surface area contributed by atoms with E-state index in [9.17, 15) is 0 Å². The first kappa shape index (κ1) is 11.2. The molecule has 0 amide bonds. The molecule has 0 aliphatic carbocycles. The highest BCUT2D eigenvalue weighted by Gasteiger charge is 2.08. The molecule has 0 saturated heterocycles. The van der Waals surface area contributed by atoms with Crippen LogP contribution in [0.2, 0.25) is 10.0 Å². The Bertz CT molecular complexity index is 297. The highest BCUT2D eigenvalue weighted by atomic mass is 35.5. The average Bonchev–Trinajstić information content (AvgIpc) is 2.12. The molecule has 0 N–H and O–H groups in total. The summed E-state index contributed by atoms with van der Waals surface area (Å²) in [5.41, 5.74) is 1.17. The van der Waals surface area contributed by atoms with Gasteiger partial charge < -0.3 is 0 Å². The van der Waals surface area contributed by atoms with Gasteiger partial charge in [-0.25, -0.2) is 0 Å². The molecule has 1 aromatic carbocycles. The zero-order valence-corrected chi connectivity index (χ0v) is 10.1. The van der Waals surface area contributed by atoms with E-state index >= 15 is 0 Å². The Morgan fingerprint density at radius 2 is 1.92 bits per heavy atom. The van der Waals surface area contributed by atoms with Gasteiger partial charge in [0.05, 0.1) is 10.0 Å². The summed E-state index contributed by atoms with van der Waals surface area (Å²) in [7, 11) is 0. The summed E-state index contributed by atoms with van der Waals surface area (Å²) < 4.78 is 0. The predicted molar refractivity (Wildman–Crippen MR) is 62.2 cm³/mol. The first-order chi connectivity index (χ1) is 6.20. The van der Waals surface area contributed by atoms with E-state index in [1.807, 2.05) is 12.1 Å². The van der Waals surface area contributed by atoms with Crippen LogP contribution < -0.4 is 0 Å². The van der Waals surface area contributed by atoms with Gasteiger partial charge in [-0.1, -0.05) is 43.1 Å². The molecule has 0 nitrogen and oxygen atoms in total. The van der Waals surface area contributed by atoms with Crippen molar-refractivity contribution in [3.8, 4) is 0 Å². The fraction of sp³-hybridized carbons (Fsp3) is 0.400. The number of aryl methyl sites for hydroxylation is 1. The summed E-state index contributed by atoms with van der Waals surface area (Å²) in [6.07, 6.45) is 0.952. The predicted octanol–water partition coefficient (Wildman–Crippen LogP) is 4.67. The van der Waals surface area contributed by atoms with Gasteiger partial charge in [0.1, 0.15) is 0 Å². The highest BCUT2D eigenvalue weighted by molar-refractivity contribution is 7.99. The van der Waals surface area contributed by atoms with Gasteiger partial charge in [0, 0.05) is 4.90 Å². The Hall–Kier alpha value is 0.150. The number of thioether (sulfide) groups is 1. The zero-order valence-electron chi connectivity index (χ0n) is 7.73. The van der Waals surface area contributed by atoms with Crippen molar-refractivity contribution in [3.05, 3.63) is 27.7 Å². The lowest BCUT2D eigenvalue weighted by Crippen LogP contribution is -1.86. The molecule has 1 aromatic rings. The van der Waals surface area contributed by atoms with Crippen molar-refractivity contribution in [2.24, 2.45) is 0 Å². The Morgan fingerprint density at radius 3 is 2.46 bits per heavy atom. The van der Waals surface area contributed by atoms with E-state index in [0.29, 0.717) is 0 Å². The summed E-state index contributed by atoms with van der Waals surface area (Å²) in [6.45, 7) is 4.19. The van der Waals surface area contributed by atoms with E-state index in [0.717, 1.165) is 27.1 Å². The number of halogens is 2. The monoisotopic (exact) mass is 234 g/mol. The molecule has 0 atom stereocenters. The van der Waals surface area contributed by atoms with Crippen LogP contribution in [0, 0.1) is 0 Å². The van der Waals surface area contributed by atoms with E-state index in [1.54, 1.807) is 11.8 Å². The summed E-state index contributed by atoms with van der Waals surface area (Å²) in [5.74, 6) is 0.993. The van der Waals surface area contributed by atoms with Gasteiger partial charge in [0.15, 0.2) is 0 Å². The number of hydrogen-bond acceptors (Lipinski definition) is 1. The van der Waals surface area contributed by atoms with Gasteiger partial charge in [-0.15, -0.1) is 11.8 Å². The molecule has 0 unspecified atom stereocenters. The highest BCUT2D eigenvalue weighted by Crippen LogP contribution is 2.36. The van der Waals surface area contributed by atoms with E-state index in [2.05, 4.69) is 13.8 Å². The van der Waals surface area contributed by atoms with Crippen molar-refractivity contribution in [3.63, 3.8) is 0 Å². The van der Waals surface area contributed by atoms with Crippen LogP contribution in [0.1, 0.15) is 19.4 Å². The van der Waals surface area contributed by atoms with Gasteiger partial charge >= 0.3 is 0 Å². The molecular weight excluding hydrogens is 223 g/mol. The van der Waals surface area contributed by atoms with Gasteiger partial charge in [0.25, 0.3) is 0 Å². The number of hydrogen-bond donors (Lipinski definition) is 0. The molecule has 13 heavy (non-hydrogen) atoms. The molecule has 0 aliphatic rings. The molecule has 72 valence electrons. The summed E-state index contributed by atoms with van der Waals surface area (Å²) in [6, 6.07) is 3.91. The Balaban J connectivity index is 3.13. The minimum absolute atomic E-state index is 0.758. The van der Waals surface area contributed by atoms with Crippen LogP contribution in [0.4, 0.5) is 0 Å². The molecular formula is C10H12Cl2S. The largest absolute Gasteiger partial charge is 0.123 e. The third-order valence-electron chi connectivity index (χ3n) is 1.80. The lowest BCUT2D eigenvalue weighted by Gasteiger charge is -2.08. The van der Waals surface area contributed by atoms with Crippen LogP contribution in [-0.2, 0) is 6.42 Å². The second kappa shape index (κ2) is 5.14. The topological polar surface area (TPSA) is 0 Å². The van der Waals surface area contributed by atoms with Gasteiger partial charge in [-0.2, -0.15) is 0 Å². The minimum atomic E-state index is 0.758. The zero-order chi connectivity index (χ0) is 9.84. The van der Waals surface area contributed by atoms with Crippen LogP contribution in [0.25, 0.3) is 0 Å². The molecule has 0 aliphatic heterocycles. The third-order valence-corrected chi connectivity index (χ3v) is 3.77. The fourth-order valence-electron chi connectivity index (χ4n) is 1.12. The maximum absolute atomic E-state index is 6.19. The molecule has 0 bridgehead atoms. The van der Waals surface area contributed by atoms with Crippen molar-refractivity contribution in [2.75, 3.05) is 5.75 Å². The lowest BCUT2D eigenvalue weighted by atomic mass is 10.2. The maximum Gasteiger partial charge on any atom is 0.0588 e. The standard InChI is InChI=1S/C10H12Cl2S/c1-3-7-5-6-8(11)10(9(7)12)13-4-2/h5-6H,3-4H2,1-2H3. The Morgan fingerprint density at radius 1 is 1.23 bits per heavy atom. The first-order valence-corrected chi connectivity index (χ1v) is 6.04. The smallest absolute Gasteiger partial charge is 0.0588 e. The summed E-state index contributed by atoms with van der Waals surface area (Å²) >= 11 is 13.9. The second-order valence-corrected chi connectivity index (χ2v) is 4.70. The minimum Gasteiger partial charge on any atom is -0.123 e. The van der Waals surface area contributed by atoms with E-state index in [1.165, 1.54) is 5.56 Å². The molecule has 1 rings (SSSR count).